The van der Waals surface area contributed by atoms with E-state index in [0.29, 0.717) is 0 Å². The topological polar surface area (TPSA) is 153 Å². The minimum Gasteiger partial charge on any atom is -0.364 e. The van der Waals surface area contributed by atoms with Gasteiger partial charge in [0.15, 0.2) is 0 Å². The standard InChI is InChI=1S/C8H14N6O4S/c1-10-8-12-5-6(14(15)16)7(13-8)11-3-2-4-19(9,17)18/h5H,2-4H2,1H3,(H2,9,17,18)(H2,10,11,12,13). The second-order valence-electron chi connectivity index (χ2n) is 3.58. The molecule has 0 fully saturated rings. The van der Waals surface area contributed by atoms with Crippen LogP contribution in [0.15, 0.2) is 6.20 Å². The Hall–Kier alpha value is -2.01. The summed E-state index contributed by atoms with van der Waals surface area (Å²) >= 11 is 0. The Morgan fingerprint density at radius 3 is 2.74 bits per heavy atom. The molecular formula is C8H14N6O4S. The number of hydrogen-bond donors (Lipinski definition) is 3. The Morgan fingerprint density at radius 1 is 1.53 bits per heavy atom. The third kappa shape index (κ3) is 5.01. The summed E-state index contributed by atoms with van der Waals surface area (Å²) in [5, 5.41) is 20.9. The van der Waals surface area contributed by atoms with Gasteiger partial charge in [0.2, 0.25) is 21.8 Å². The second-order valence-corrected chi connectivity index (χ2v) is 5.32. The lowest BCUT2D eigenvalue weighted by atomic mass is 10.4. The molecule has 11 heteroatoms. The van der Waals surface area contributed by atoms with Crippen molar-refractivity contribution in [1.82, 2.24) is 9.97 Å². The van der Waals surface area contributed by atoms with Crippen LogP contribution in [0, 0.1) is 10.1 Å². The highest BCUT2D eigenvalue weighted by molar-refractivity contribution is 7.89. The predicted molar refractivity (Wildman–Crippen MR) is 69.3 cm³/mol. The molecule has 0 aliphatic rings. The second kappa shape index (κ2) is 6.24. The third-order valence-corrected chi connectivity index (χ3v) is 2.95. The van der Waals surface area contributed by atoms with Crippen molar-refractivity contribution < 1.29 is 13.3 Å². The molecular weight excluding hydrogens is 276 g/mol. The molecule has 0 bridgehead atoms. The van der Waals surface area contributed by atoms with Crippen LogP contribution in [0.4, 0.5) is 17.5 Å². The average Bonchev–Trinajstić information content (AvgIpc) is 2.33. The van der Waals surface area contributed by atoms with E-state index < -0.39 is 14.9 Å². The number of sulfonamides is 1. The molecule has 0 saturated heterocycles. The summed E-state index contributed by atoms with van der Waals surface area (Å²) in [7, 11) is -1.96. The maximum absolute atomic E-state index is 10.8. The van der Waals surface area contributed by atoms with Gasteiger partial charge in [-0.2, -0.15) is 4.98 Å². The van der Waals surface area contributed by atoms with Crippen LogP contribution in [-0.2, 0) is 10.0 Å². The van der Waals surface area contributed by atoms with Crippen molar-refractivity contribution >= 4 is 27.5 Å². The normalized spacial score (nSPS) is 11.1. The molecule has 0 aromatic carbocycles. The van der Waals surface area contributed by atoms with Crippen molar-refractivity contribution in [2.24, 2.45) is 5.14 Å². The molecule has 0 atom stereocenters. The van der Waals surface area contributed by atoms with Crippen molar-refractivity contribution in [2.45, 2.75) is 6.42 Å². The fourth-order valence-electron chi connectivity index (χ4n) is 1.24. The first kappa shape index (κ1) is 15.0. The van der Waals surface area contributed by atoms with Crippen LogP contribution in [0.1, 0.15) is 6.42 Å². The molecule has 0 aliphatic carbocycles. The summed E-state index contributed by atoms with van der Waals surface area (Å²) in [5.74, 6) is 0.0379. The Labute approximate surface area is 109 Å². The molecule has 0 radical (unpaired) electrons. The van der Waals surface area contributed by atoms with E-state index in [-0.39, 0.29) is 36.2 Å². The predicted octanol–water partition coefficient (Wildman–Crippen LogP) is -0.483. The molecule has 1 heterocycles. The number of hydrogen-bond acceptors (Lipinski definition) is 8. The lowest BCUT2D eigenvalue weighted by Crippen LogP contribution is -2.19. The van der Waals surface area contributed by atoms with E-state index in [4.69, 9.17) is 5.14 Å². The average molecular weight is 290 g/mol. The minimum absolute atomic E-state index is 0.0266. The van der Waals surface area contributed by atoms with E-state index >= 15 is 0 Å². The zero-order valence-electron chi connectivity index (χ0n) is 10.2. The molecule has 106 valence electrons. The molecule has 0 unspecified atom stereocenters. The van der Waals surface area contributed by atoms with Crippen LogP contribution in [0.2, 0.25) is 0 Å². The highest BCUT2D eigenvalue weighted by Gasteiger charge is 2.16. The van der Waals surface area contributed by atoms with E-state index in [9.17, 15) is 18.5 Å². The number of rotatable bonds is 7. The molecule has 0 aliphatic heterocycles. The third-order valence-electron chi connectivity index (χ3n) is 2.09. The largest absolute Gasteiger partial charge is 0.364 e. The van der Waals surface area contributed by atoms with Crippen LogP contribution >= 0.6 is 0 Å². The van der Waals surface area contributed by atoms with Gasteiger partial charge in [-0.05, 0) is 6.42 Å². The summed E-state index contributed by atoms with van der Waals surface area (Å²) in [6.07, 6.45) is 1.29. The lowest BCUT2D eigenvalue weighted by molar-refractivity contribution is -0.384. The molecule has 0 amide bonds. The van der Waals surface area contributed by atoms with Gasteiger partial charge in [0.05, 0.1) is 10.7 Å². The molecule has 1 aromatic heterocycles. The van der Waals surface area contributed by atoms with Crippen molar-refractivity contribution in [1.29, 1.82) is 0 Å². The lowest BCUT2D eigenvalue weighted by Gasteiger charge is -2.06. The molecule has 19 heavy (non-hydrogen) atoms. The number of nitrogens with one attached hydrogen (secondary N) is 2. The van der Waals surface area contributed by atoms with Crippen LogP contribution in [0.3, 0.4) is 0 Å². The van der Waals surface area contributed by atoms with Crippen LogP contribution in [0.25, 0.3) is 0 Å². The molecule has 0 saturated carbocycles. The monoisotopic (exact) mass is 290 g/mol. The highest BCUT2D eigenvalue weighted by Crippen LogP contribution is 2.21. The van der Waals surface area contributed by atoms with Gasteiger partial charge < -0.3 is 10.6 Å². The van der Waals surface area contributed by atoms with Gasteiger partial charge in [-0.1, -0.05) is 0 Å². The first-order valence-corrected chi connectivity index (χ1v) is 6.98. The number of nitrogens with two attached hydrogens (primary N) is 1. The summed E-state index contributed by atoms with van der Waals surface area (Å²) < 4.78 is 21.4. The van der Waals surface area contributed by atoms with Crippen molar-refractivity contribution in [3.8, 4) is 0 Å². The number of nitrogens with zero attached hydrogens (tertiary/aromatic N) is 3. The fraction of sp³-hybridized carbons (Fsp3) is 0.500. The van der Waals surface area contributed by atoms with Crippen LogP contribution in [-0.4, -0.2) is 42.7 Å². The molecule has 0 spiro atoms. The maximum atomic E-state index is 10.8. The quantitative estimate of drug-likeness (QED) is 0.345. The number of nitro groups is 1. The van der Waals surface area contributed by atoms with Crippen molar-refractivity contribution in [2.75, 3.05) is 30.0 Å². The Kier molecular flexibility index (Phi) is 4.94. The molecule has 4 N–H and O–H groups in total. The Morgan fingerprint density at radius 2 is 2.21 bits per heavy atom. The van der Waals surface area contributed by atoms with Gasteiger partial charge in [-0.3, -0.25) is 10.1 Å². The van der Waals surface area contributed by atoms with Crippen molar-refractivity contribution in [3.05, 3.63) is 16.3 Å². The Bertz CT molecular complexity index is 560. The number of primary sulfonamides is 1. The van der Waals surface area contributed by atoms with Gasteiger partial charge in [0, 0.05) is 13.6 Å². The summed E-state index contributed by atoms with van der Waals surface area (Å²) in [4.78, 5) is 17.8. The van der Waals surface area contributed by atoms with E-state index in [1.165, 1.54) is 0 Å². The van der Waals surface area contributed by atoms with E-state index in [2.05, 4.69) is 20.6 Å². The highest BCUT2D eigenvalue weighted by atomic mass is 32.2. The first-order valence-electron chi connectivity index (χ1n) is 5.27. The first-order chi connectivity index (χ1) is 8.83. The van der Waals surface area contributed by atoms with E-state index in [0.717, 1.165) is 6.20 Å². The fourth-order valence-corrected chi connectivity index (χ4v) is 1.79. The van der Waals surface area contributed by atoms with Gasteiger partial charge in [0.25, 0.3) is 0 Å². The SMILES string of the molecule is CNc1ncc([N+](=O)[O-])c(NCCCS(N)(=O)=O)n1. The van der Waals surface area contributed by atoms with E-state index in [1.807, 2.05) is 0 Å². The van der Waals surface area contributed by atoms with Crippen LogP contribution in [0.5, 0.6) is 0 Å². The van der Waals surface area contributed by atoms with E-state index in [1.54, 1.807) is 7.05 Å². The number of aromatic nitrogens is 2. The van der Waals surface area contributed by atoms with Gasteiger partial charge in [-0.15, -0.1) is 0 Å². The zero-order valence-corrected chi connectivity index (χ0v) is 11.0. The smallest absolute Gasteiger partial charge is 0.329 e. The van der Waals surface area contributed by atoms with Crippen LogP contribution < -0.4 is 15.8 Å². The molecule has 1 aromatic rings. The number of anilines is 2. The molecule has 10 nitrogen and oxygen atoms in total. The van der Waals surface area contributed by atoms with Gasteiger partial charge in [-0.25, -0.2) is 18.5 Å². The van der Waals surface area contributed by atoms with Gasteiger partial charge in [0.1, 0.15) is 6.20 Å². The summed E-state index contributed by atoms with van der Waals surface area (Å²) in [6, 6.07) is 0. The zero-order chi connectivity index (χ0) is 14.5. The maximum Gasteiger partial charge on any atom is 0.329 e. The Balaban J connectivity index is 2.72. The van der Waals surface area contributed by atoms with Gasteiger partial charge >= 0.3 is 5.69 Å². The minimum atomic E-state index is -3.54. The van der Waals surface area contributed by atoms with Crippen molar-refractivity contribution in [3.63, 3.8) is 0 Å². The molecule has 1 rings (SSSR count). The summed E-state index contributed by atoms with van der Waals surface area (Å²) in [5.41, 5.74) is -0.283. The summed E-state index contributed by atoms with van der Waals surface area (Å²) in [6.45, 7) is 0.192.